The van der Waals surface area contributed by atoms with Crippen molar-refractivity contribution in [2.45, 2.75) is 20.8 Å². The van der Waals surface area contributed by atoms with Crippen molar-refractivity contribution in [3.8, 4) is 11.5 Å². The van der Waals surface area contributed by atoms with Gasteiger partial charge in [-0.15, -0.1) is 0 Å². The number of nitrogens with zero attached hydrogens (tertiary/aromatic N) is 3. The molecule has 0 saturated carbocycles. The number of benzene rings is 2. The second kappa shape index (κ2) is 8.99. The molecule has 28 heavy (non-hydrogen) atoms. The highest BCUT2D eigenvalue weighted by Crippen LogP contribution is 2.29. The highest BCUT2D eigenvalue weighted by molar-refractivity contribution is 6.04. The largest absolute Gasteiger partial charge is 0.455 e. The molecule has 0 aliphatic rings. The Bertz CT molecular complexity index is 940. The van der Waals surface area contributed by atoms with E-state index in [1.807, 2.05) is 48.5 Å². The lowest BCUT2D eigenvalue weighted by Crippen LogP contribution is -2.25. The van der Waals surface area contributed by atoms with Crippen molar-refractivity contribution in [2.24, 2.45) is 0 Å². The quantitative estimate of drug-likeness (QED) is 0.649. The van der Waals surface area contributed by atoms with Crippen LogP contribution in [0.1, 0.15) is 30.2 Å². The Kier molecular flexibility index (Phi) is 6.22. The number of para-hydroxylation sites is 3. The third-order valence-corrected chi connectivity index (χ3v) is 4.25. The summed E-state index contributed by atoms with van der Waals surface area (Å²) >= 11 is 0. The highest BCUT2D eigenvalue weighted by atomic mass is 16.5. The van der Waals surface area contributed by atoms with E-state index in [9.17, 15) is 4.79 Å². The summed E-state index contributed by atoms with van der Waals surface area (Å²) < 4.78 is 5.91. The maximum absolute atomic E-state index is 12.8. The van der Waals surface area contributed by atoms with Gasteiger partial charge in [-0.2, -0.15) is 0 Å². The molecule has 6 nitrogen and oxygen atoms in total. The average Bonchev–Trinajstić information content (AvgIpc) is 2.71. The van der Waals surface area contributed by atoms with Crippen LogP contribution >= 0.6 is 0 Å². The van der Waals surface area contributed by atoms with Crippen molar-refractivity contribution < 1.29 is 9.53 Å². The molecule has 1 heterocycles. The summed E-state index contributed by atoms with van der Waals surface area (Å²) in [6.07, 6.45) is 0. The summed E-state index contributed by atoms with van der Waals surface area (Å²) in [5.74, 6) is 2.27. The van der Waals surface area contributed by atoms with Gasteiger partial charge in [0.1, 0.15) is 23.1 Å². The van der Waals surface area contributed by atoms with E-state index in [0.717, 1.165) is 18.9 Å². The Labute approximate surface area is 165 Å². The monoisotopic (exact) mass is 376 g/mol. The Morgan fingerprint density at radius 3 is 2.39 bits per heavy atom. The van der Waals surface area contributed by atoms with Gasteiger partial charge in [0.05, 0.1) is 5.69 Å². The molecule has 144 valence electrons. The number of rotatable bonds is 7. The van der Waals surface area contributed by atoms with Crippen LogP contribution in [0.15, 0.2) is 60.7 Å². The van der Waals surface area contributed by atoms with Crippen LogP contribution in [0.25, 0.3) is 0 Å². The number of aryl methyl sites for hydroxylation is 1. The van der Waals surface area contributed by atoms with Crippen LogP contribution < -0.4 is 15.0 Å². The molecule has 2 aromatic carbocycles. The van der Waals surface area contributed by atoms with Crippen LogP contribution in [0.3, 0.4) is 0 Å². The molecule has 0 fully saturated rings. The van der Waals surface area contributed by atoms with Crippen molar-refractivity contribution in [2.75, 3.05) is 23.3 Å². The van der Waals surface area contributed by atoms with Gasteiger partial charge < -0.3 is 15.0 Å². The van der Waals surface area contributed by atoms with E-state index in [4.69, 9.17) is 4.74 Å². The summed E-state index contributed by atoms with van der Waals surface area (Å²) in [4.78, 5) is 23.7. The minimum absolute atomic E-state index is 0.303. The maximum atomic E-state index is 12.8. The van der Waals surface area contributed by atoms with Crippen molar-refractivity contribution in [1.82, 2.24) is 9.97 Å². The molecule has 1 N–H and O–H groups in total. The molecule has 0 bridgehead atoms. The molecule has 0 saturated heterocycles. The summed E-state index contributed by atoms with van der Waals surface area (Å²) in [5, 5.41) is 2.90. The van der Waals surface area contributed by atoms with E-state index in [1.165, 1.54) is 0 Å². The fourth-order valence-electron chi connectivity index (χ4n) is 2.84. The van der Waals surface area contributed by atoms with Crippen LogP contribution in [0, 0.1) is 6.92 Å². The smallest absolute Gasteiger partial charge is 0.274 e. The first-order valence-electron chi connectivity index (χ1n) is 9.34. The molecule has 0 aliphatic heterocycles. The zero-order valence-corrected chi connectivity index (χ0v) is 16.3. The van der Waals surface area contributed by atoms with Crippen LogP contribution in [-0.2, 0) is 0 Å². The Hall–Kier alpha value is -3.41. The minimum Gasteiger partial charge on any atom is -0.455 e. The topological polar surface area (TPSA) is 67.4 Å². The van der Waals surface area contributed by atoms with Gasteiger partial charge in [-0.05, 0) is 45.0 Å². The van der Waals surface area contributed by atoms with E-state index in [0.29, 0.717) is 28.7 Å². The predicted molar refractivity (Wildman–Crippen MR) is 111 cm³/mol. The first-order chi connectivity index (χ1) is 13.6. The van der Waals surface area contributed by atoms with Gasteiger partial charge in [-0.3, -0.25) is 4.79 Å². The van der Waals surface area contributed by atoms with Gasteiger partial charge in [0.25, 0.3) is 5.91 Å². The highest BCUT2D eigenvalue weighted by Gasteiger charge is 2.15. The van der Waals surface area contributed by atoms with E-state index in [1.54, 1.807) is 19.1 Å². The minimum atomic E-state index is -0.303. The number of ether oxygens (including phenoxy) is 1. The Morgan fingerprint density at radius 2 is 1.68 bits per heavy atom. The fraction of sp³-hybridized carbons (Fsp3) is 0.227. The molecule has 0 unspecified atom stereocenters. The summed E-state index contributed by atoms with van der Waals surface area (Å²) in [7, 11) is 0. The lowest BCUT2D eigenvalue weighted by atomic mass is 10.2. The maximum Gasteiger partial charge on any atom is 0.274 e. The second-order valence-electron chi connectivity index (χ2n) is 6.20. The van der Waals surface area contributed by atoms with Crippen molar-refractivity contribution in [3.05, 3.63) is 72.2 Å². The first kappa shape index (κ1) is 19.4. The van der Waals surface area contributed by atoms with Gasteiger partial charge in [0, 0.05) is 19.2 Å². The third kappa shape index (κ3) is 4.65. The number of hydrogen-bond acceptors (Lipinski definition) is 5. The van der Waals surface area contributed by atoms with Crippen LogP contribution in [0.2, 0.25) is 0 Å². The number of nitrogens with one attached hydrogen (secondary N) is 1. The van der Waals surface area contributed by atoms with Crippen molar-refractivity contribution in [1.29, 1.82) is 0 Å². The van der Waals surface area contributed by atoms with Crippen LogP contribution in [0.5, 0.6) is 11.5 Å². The third-order valence-electron chi connectivity index (χ3n) is 4.25. The van der Waals surface area contributed by atoms with Gasteiger partial charge in [-0.1, -0.05) is 30.3 Å². The zero-order chi connectivity index (χ0) is 19.9. The van der Waals surface area contributed by atoms with Crippen molar-refractivity contribution >= 4 is 17.4 Å². The summed E-state index contributed by atoms with van der Waals surface area (Å²) in [6.45, 7) is 7.51. The van der Waals surface area contributed by atoms with E-state index in [-0.39, 0.29) is 5.91 Å². The van der Waals surface area contributed by atoms with Gasteiger partial charge in [0.15, 0.2) is 5.75 Å². The Morgan fingerprint density at radius 1 is 1.00 bits per heavy atom. The number of aromatic nitrogens is 2. The molecule has 1 aromatic heterocycles. The number of anilines is 2. The van der Waals surface area contributed by atoms with Crippen molar-refractivity contribution in [3.63, 3.8) is 0 Å². The van der Waals surface area contributed by atoms with Gasteiger partial charge in [-0.25, -0.2) is 9.97 Å². The number of carbonyl (C=O) groups is 1. The molecule has 6 heteroatoms. The SMILES string of the molecule is CCN(CC)c1cc(C(=O)Nc2ccccc2Oc2ccccc2)nc(C)n1. The normalized spacial score (nSPS) is 10.4. The summed E-state index contributed by atoms with van der Waals surface area (Å²) in [5.41, 5.74) is 0.904. The van der Waals surface area contributed by atoms with E-state index >= 15 is 0 Å². The molecule has 0 radical (unpaired) electrons. The number of carbonyl (C=O) groups excluding carboxylic acids is 1. The lowest BCUT2D eigenvalue weighted by molar-refractivity contribution is 0.102. The van der Waals surface area contributed by atoms with Crippen LogP contribution in [0.4, 0.5) is 11.5 Å². The fourth-order valence-corrected chi connectivity index (χ4v) is 2.84. The number of hydrogen-bond donors (Lipinski definition) is 1. The standard InChI is InChI=1S/C22H24N4O2/c1-4-26(5-2)21-15-19(23-16(3)24-21)22(27)25-18-13-9-10-14-20(18)28-17-11-7-6-8-12-17/h6-15H,4-5H2,1-3H3,(H,25,27). The average molecular weight is 376 g/mol. The van der Waals surface area contributed by atoms with Crippen LogP contribution in [-0.4, -0.2) is 29.0 Å². The predicted octanol–water partition coefficient (Wildman–Crippen LogP) is 4.68. The van der Waals surface area contributed by atoms with E-state index in [2.05, 4.69) is 34.0 Å². The van der Waals surface area contributed by atoms with Gasteiger partial charge in [0.2, 0.25) is 0 Å². The molecule has 0 aliphatic carbocycles. The molecule has 0 atom stereocenters. The first-order valence-corrected chi connectivity index (χ1v) is 9.34. The molecular formula is C22H24N4O2. The number of amides is 1. The molecule has 1 amide bonds. The molecule has 3 rings (SSSR count). The molecular weight excluding hydrogens is 352 g/mol. The molecule has 0 spiro atoms. The van der Waals surface area contributed by atoms with Gasteiger partial charge >= 0.3 is 0 Å². The second-order valence-corrected chi connectivity index (χ2v) is 6.20. The molecule has 3 aromatic rings. The lowest BCUT2D eigenvalue weighted by Gasteiger charge is -2.20. The summed E-state index contributed by atoms with van der Waals surface area (Å²) in [6, 6.07) is 18.5. The Balaban J connectivity index is 1.84. The van der Waals surface area contributed by atoms with E-state index < -0.39 is 0 Å². The zero-order valence-electron chi connectivity index (χ0n) is 16.3.